The molecule has 0 saturated heterocycles. The van der Waals surface area contributed by atoms with E-state index in [1.54, 1.807) is 11.8 Å². The minimum atomic E-state index is -0.544. The first-order valence-corrected chi connectivity index (χ1v) is 7.04. The van der Waals surface area contributed by atoms with E-state index < -0.39 is 17.5 Å². The van der Waals surface area contributed by atoms with Gasteiger partial charge in [0.25, 0.3) is 11.7 Å². The summed E-state index contributed by atoms with van der Waals surface area (Å²) in [6, 6.07) is 3.84. The van der Waals surface area contributed by atoms with Crippen LogP contribution in [0, 0.1) is 5.82 Å². The molecule has 0 spiro atoms. The Bertz CT molecular complexity index is 490. The molecule has 1 heterocycles. The molecule has 1 amide bonds. The zero-order chi connectivity index (χ0) is 13.1. The normalized spacial score (nSPS) is 14.2. The van der Waals surface area contributed by atoms with Crippen LogP contribution in [-0.4, -0.2) is 29.7 Å². The lowest BCUT2D eigenvalue weighted by Crippen LogP contribution is -2.30. The number of carbonyl (C=O) groups is 2. The van der Waals surface area contributed by atoms with Gasteiger partial charge in [0, 0.05) is 6.54 Å². The third-order valence-corrected chi connectivity index (χ3v) is 3.79. The van der Waals surface area contributed by atoms with Gasteiger partial charge in [0.1, 0.15) is 5.82 Å². The monoisotopic (exact) mass is 267 g/mol. The summed E-state index contributed by atoms with van der Waals surface area (Å²) in [5, 5.41) is 0. The van der Waals surface area contributed by atoms with Crippen LogP contribution < -0.4 is 4.90 Å². The van der Waals surface area contributed by atoms with Gasteiger partial charge in [-0.1, -0.05) is 6.92 Å². The second kappa shape index (κ2) is 5.52. The van der Waals surface area contributed by atoms with E-state index in [0.717, 1.165) is 17.9 Å². The first kappa shape index (κ1) is 13.1. The van der Waals surface area contributed by atoms with Gasteiger partial charge in [-0.3, -0.25) is 9.59 Å². The molecule has 0 atom stereocenters. The molecule has 3 nitrogen and oxygen atoms in total. The van der Waals surface area contributed by atoms with Crippen molar-refractivity contribution in [2.45, 2.75) is 13.3 Å². The summed E-state index contributed by atoms with van der Waals surface area (Å²) in [5.74, 6) is 0.450. The van der Waals surface area contributed by atoms with Crippen molar-refractivity contribution in [2.75, 3.05) is 23.0 Å². The van der Waals surface area contributed by atoms with Gasteiger partial charge in [-0.15, -0.1) is 0 Å². The smallest absolute Gasteiger partial charge is 0.299 e. The van der Waals surface area contributed by atoms with Gasteiger partial charge >= 0.3 is 0 Å². The maximum Gasteiger partial charge on any atom is 0.299 e. The zero-order valence-corrected chi connectivity index (χ0v) is 10.9. The molecule has 1 aromatic rings. The Hall–Kier alpha value is -1.36. The van der Waals surface area contributed by atoms with Gasteiger partial charge < -0.3 is 4.90 Å². The highest BCUT2D eigenvalue weighted by Crippen LogP contribution is 2.29. The zero-order valence-electron chi connectivity index (χ0n) is 10.1. The number of halogens is 1. The summed E-state index contributed by atoms with van der Waals surface area (Å²) < 4.78 is 13.2. The van der Waals surface area contributed by atoms with Gasteiger partial charge in [-0.25, -0.2) is 4.39 Å². The van der Waals surface area contributed by atoms with E-state index in [9.17, 15) is 14.0 Å². The summed E-state index contributed by atoms with van der Waals surface area (Å²) >= 11 is 1.78. The predicted octanol–water partition coefficient (Wildman–Crippen LogP) is 2.50. The molecule has 1 aromatic carbocycles. The van der Waals surface area contributed by atoms with E-state index in [1.807, 2.05) is 0 Å². The topological polar surface area (TPSA) is 37.4 Å². The standard InChI is InChI=1S/C13H14FNO2S/c1-2-18-7-3-6-15-11-8-9(14)4-5-10(11)12(16)13(15)17/h4-5,8H,2-3,6-7H2,1H3. The maximum absolute atomic E-state index is 13.2. The minimum absolute atomic E-state index is 0.310. The van der Waals surface area contributed by atoms with Gasteiger partial charge in [-0.05, 0) is 36.1 Å². The fourth-order valence-corrected chi connectivity index (χ4v) is 2.58. The number of anilines is 1. The highest BCUT2D eigenvalue weighted by Gasteiger charge is 2.35. The van der Waals surface area contributed by atoms with Crippen LogP contribution in [0.2, 0.25) is 0 Å². The Labute approximate surface area is 109 Å². The molecule has 0 N–H and O–H groups in total. The summed E-state index contributed by atoms with van der Waals surface area (Å²) in [4.78, 5) is 24.9. The Balaban J connectivity index is 2.14. The Morgan fingerprint density at radius 1 is 1.33 bits per heavy atom. The summed E-state index contributed by atoms with van der Waals surface area (Å²) in [5.41, 5.74) is 0.719. The summed E-state index contributed by atoms with van der Waals surface area (Å²) in [6.45, 7) is 2.54. The Kier molecular flexibility index (Phi) is 4.01. The van der Waals surface area contributed by atoms with Gasteiger partial charge in [0.2, 0.25) is 0 Å². The molecule has 1 aliphatic rings. The molecule has 18 heavy (non-hydrogen) atoms. The SMILES string of the molecule is CCSCCCN1C(=O)C(=O)c2ccc(F)cc21. The highest BCUT2D eigenvalue weighted by molar-refractivity contribution is 7.99. The third-order valence-electron chi connectivity index (χ3n) is 2.81. The van der Waals surface area contributed by atoms with E-state index in [1.165, 1.54) is 23.1 Å². The van der Waals surface area contributed by atoms with E-state index in [2.05, 4.69) is 6.92 Å². The number of Topliss-reactive ketones (excluding diaryl/α,β-unsaturated/α-hetero) is 1. The third kappa shape index (κ3) is 2.41. The number of rotatable bonds is 5. The Morgan fingerprint density at radius 3 is 2.83 bits per heavy atom. The van der Waals surface area contributed by atoms with Crippen LogP contribution in [0.3, 0.4) is 0 Å². The molecule has 0 aromatic heterocycles. The van der Waals surface area contributed by atoms with Crippen LogP contribution in [0.4, 0.5) is 10.1 Å². The number of hydrogen-bond donors (Lipinski definition) is 0. The number of benzene rings is 1. The fraction of sp³-hybridized carbons (Fsp3) is 0.385. The van der Waals surface area contributed by atoms with Crippen molar-refractivity contribution in [3.63, 3.8) is 0 Å². The molecule has 0 saturated carbocycles. The lowest BCUT2D eigenvalue weighted by Gasteiger charge is -2.16. The van der Waals surface area contributed by atoms with Crippen molar-refractivity contribution in [2.24, 2.45) is 0 Å². The lowest BCUT2D eigenvalue weighted by molar-refractivity contribution is -0.114. The number of thioether (sulfide) groups is 1. The second-order valence-corrected chi connectivity index (χ2v) is 5.39. The van der Waals surface area contributed by atoms with E-state index in [4.69, 9.17) is 0 Å². The summed E-state index contributed by atoms with van der Waals surface area (Å²) in [7, 11) is 0. The van der Waals surface area contributed by atoms with Crippen molar-refractivity contribution in [3.8, 4) is 0 Å². The highest BCUT2D eigenvalue weighted by atomic mass is 32.2. The van der Waals surface area contributed by atoms with Crippen LogP contribution in [0.25, 0.3) is 0 Å². The predicted molar refractivity (Wildman–Crippen MR) is 70.7 cm³/mol. The van der Waals surface area contributed by atoms with E-state index in [-0.39, 0.29) is 0 Å². The number of nitrogens with zero attached hydrogens (tertiary/aromatic N) is 1. The van der Waals surface area contributed by atoms with Crippen LogP contribution in [0.5, 0.6) is 0 Å². The van der Waals surface area contributed by atoms with E-state index in [0.29, 0.717) is 17.8 Å². The largest absolute Gasteiger partial charge is 0.305 e. The fourth-order valence-electron chi connectivity index (χ4n) is 1.96. The van der Waals surface area contributed by atoms with Crippen molar-refractivity contribution in [1.29, 1.82) is 0 Å². The molecule has 0 unspecified atom stereocenters. The first-order chi connectivity index (χ1) is 8.65. The molecular weight excluding hydrogens is 253 g/mol. The van der Waals surface area contributed by atoms with Crippen LogP contribution in [0.1, 0.15) is 23.7 Å². The van der Waals surface area contributed by atoms with Crippen molar-refractivity contribution >= 4 is 29.1 Å². The van der Waals surface area contributed by atoms with Crippen molar-refractivity contribution < 1.29 is 14.0 Å². The molecule has 0 radical (unpaired) electrons. The second-order valence-electron chi connectivity index (χ2n) is 4.00. The number of carbonyl (C=O) groups excluding carboxylic acids is 2. The molecule has 0 bridgehead atoms. The average Bonchev–Trinajstić information content (AvgIpc) is 2.59. The average molecular weight is 267 g/mol. The van der Waals surface area contributed by atoms with Gasteiger partial charge in [0.15, 0.2) is 0 Å². The summed E-state index contributed by atoms with van der Waals surface area (Å²) in [6.07, 6.45) is 0.799. The molecule has 5 heteroatoms. The van der Waals surface area contributed by atoms with Gasteiger partial charge in [0.05, 0.1) is 11.3 Å². The number of fused-ring (bicyclic) bond motifs is 1. The maximum atomic E-state index is 13.2. The Morgan fingerprint density at radius 2 is 2.11 bits per heavy atom. The molecule has 96 valence electrons. The first-order valence-electron chi connectivity index (χ1n) is 5.88. The van der Waals surface area contributed by atoms with Crippen LogP contribution >= 0.6 is 11.8 Å². The van der Waals surface area contributed by atoms with Crippen LogP contribution in [-0.2, 0) is 4.79 Å². The number of hydrogen-bond acceptors (Lipinski definition) is 3. The lowest BCUT2D eigenvalue weighted by atomic mass is 10.1. The van der Waals surface area contributed by atoms with Crippen LogP contribution in [0.15, 0.2) is 18.2 Å². The molecule has 1 aliphatic heterocycles. The number of ketones is 1. The molecule has 0 aliphatic carbocycles. The molecule has 0 fully saturated rings. The molecular formula is C13H14FNO2S. The minimum Gasteiger partial charge on any atom is -0.305 e. The quantitative estimate of drug-likeness (QED) is 0.607. The van der Waals surface area contributed by atoms with Crippen molar-refractivity contribution in [1.82, 2.24) is 0 Å². The van der Waals surface area contributed by atoms with Crippen molar-refractivity contribution in [3.05, 3.63) is 29.6 Å². The van der Waals surface area contributed by atoms with E-state index >= 15 is 0 Å². The number of amides is 1. The molecule has 2 rings (SSSR count). The van der Waals surface area contributed by atoms with Gasteiger partial charge in [-0.2, -0.15) is 11.8 Å².